The lowest BCUT2D eigenvalue weighted by molar-refractivity contribution is -0.138. The number of aryl methyl sites for hydroxylation is 1. The van der Waals surface area contributed by atoms with Crippen molar-refractivity contribution in [3.8, 4) is 0 Å². The summed E-state index contributed by atoms with van der Waals surface area (Å²) in [7, 11) is -2.28. The van der Waals surface area contributed by atoms with Crippen molar-refractivity contribution >= 4 is 16.0 Å². The molecule has 7 nitrogen and oxygen atoms in total. The standard InChI is InChI=1S/C11H19N3O4S/c1-11(2,3)8(7-10(15)16)13-19(17,18)9-5-6-12-14(9)4/h5-6,8,13H,7H2,1-4H3,(H,15,16). The van der Waals surface area contributed by atoms with Gasteiger partial charge in [-0.05, 0) is 11.5 Å². The summed E-state index contributed by atoms with van der Waals surface area (Å²) in [6.45, 7) is 5.35. The van der Waals surface area contributed by atoms with E-state index < -0.39 is 27.4 Å². The Morgan fingerprint density at radius 3 is 2.47 bits per heavy atom. The molecule has 0 aliphatic heterocycles. The highest BCUT2D eigenvalue weighted by atomic mass is 32.2. The van der Waals surface area contributed by atoms with Gasteiger partial charge in [-0.15, -0.1) is 0 Å². The van der Waals surface area contributed by atoms with Gasteiger partial charge < -0.3 is 5.11 Å². The first-order chi connectivity index (χ1) is 8.54. The summed E-state index contributed by atoms with van der Waals surface area (Å²) >= 11 is 0. The van der Waals surface area contributed by atoms with Gasteiger partial charge >= 0.3 is 5.97 Å². The van der Waals surface area contributed by atoms with Gasteiger partial charge in [-0.1, -0.05) is 20.8 Å². The summed E-state index contributed by atoms with van der Waals surface area (Å²) in [6, 6.07) is 0.660. The third-order valence-corrected chi connectivity index (χ3v) is 4.32. The molecular weight excluding hydrogens is 270 g/mol. The van der Waals surface area contributed by atoms with Gasteiger partial charge in [0, 0.05) is 13.1 Å². The molecule has 1 unspecified atom stereocenters. The summed E-state index contributed by atoms with van der Waals surface area (Å²) in [5, 5.41) is 12.7. The second kappa shape index (κ2) is 5.30. The lowest BCUT2D eigenvalue weighted by atomic mass is 9.85. The van der Waals surface area contributed by atoms with Gasteiger partial charge in [-0.2, -0.15) is 5.10 Å². The van der Waals surface area contributed by atoms with Crippen LogP contribution in [0.15, 0.2) is 17.3 Å². The molecule has 1 aromatic heterocycles. The minimum absolute atomic E-state index is 0.00661. The Kier molecular flexibility index (Phi) is 4.36. The van der Waals surface area contributed by atoms with E-state index in [1.807, 2.05) is 0 Å². The monoisotopic (exact) mass is 289 g/mol. The van der Waals surface area contributed by atoms with Gasteiger partial charge in [0.1, 0.15) is 0 Å². The highest BCUT2D eigenvalue weighted by Crippen LogP contribution is 2.23. The van der Waals surface area contributed by atoms with Crippen LogP contribution in [0.5, 0.6) is 0 Å². The van der Waals surface area contributed by atoms with Crippen molar-refractivity contribution in [2.45, 2.75) is 38.3 Å². The van der Waals surface area contributed by atoms with E-state index in [1.165, 1.54) is 24.0 Å². The number of hydrogen-bond acceptors (Lipinski definition) is 4. The van der Waals surface area contributed by atoms with Crippen molar-refractivity contribution in [1.82, 2.24) is 14.5 Å². The molecule has 0 amide bonds. The number of aromatic nitrogens is 2. The molecule has 1 aromatic rings. The maximum Gasteiger partial charge on any atom is 0.304 e. The number of sulfonamides is 1. The fourth-order valence-electron chi connectivity index (χ4n) is 1.57. The Bertz CT molecular complexity index is 557. The van der Waals surface area contributed by atoms with E-state index in [1.54, 1.807) is 20.8 Å². The van der Waals surface area contributed by atoms with Crippen LogP contribution in [-0.2, 0) is 21.9 Å². The predicted octanol–water partition coefficient (Wildman–Crippen LogP) is 0.588. The quantitative estimate of drug-likeness (QED) is 0.826. The van der Waals surface area contributed by atoms with Gasteiger partial charge in [0.25, 0.3) is 10.0 Å². The first kappa shape index (κ1) is 15.6. The molecule has 1 atom stereocenters. The van der Waals surface area contributed by atoms with Crippen LogP contribution in [0.2, 0.25) is 0 Å². The largest absolute Gasteiger partial charge is 0.481 e. The van der Waals surface area contributed by atoms with Crippen LogP contribution in [0.3, 0.4) is 0 Å². The third-order valence-electron chi connectivity index (χ3n) is 2.77. The molecule has 1 rings (SSSR count). The Morgan fingerprint density at radius 2 is 2.11 bits per heavy atom. The number of carboxylic acid groups (broad SMARTS) is 1. The lowest BCUT2D eigenvalue weighted by Gasteiger charge is -2.29. The zero-order valence-electron chi connectivity index (χ0n) is 11.4. The van der Waals surface area contributed by atoms with Gasteiger partial charge in [-0.25, -0.2) is 13.1 Å². The average Bonchev–Trinajstić information content (AvgIpc) is 2.61. The molecule has 1 heterocycles. The van der Waals surface area contributed by atoms with E-state index in [0.29, 0.717) is 0 Å². The number of nitrogens with zero attached hydrogens (tertiary/aromatic N) is 2. The van der Waals surface area contributed by atoms with Crippen molar-refractivity contribution in [3.05, 3.63) is 12.3 Å². The first-order valence-electron chi connectivity index (χ1n) is 5.76. The minimum Gasteiger partial charge on any atom is -0.481 e. The SMILES string of the molecule is Cn1nccc1S(=O)(=O)NC(CC(=O)O)C(C)(C)C. The van der Waals surface area contributed by atoms with Crippen LogP contribution in [0.1, 0.15) is 27.2 Å². The number of nitrogens with one attached hydrogen (secondary N) is 1. The molecular formula is C11H19N3O4S. The van der Waals surface area contributed by atoms with Crippen molar-refractivity contribution < 1.29 is 18.3 Å². The molecule has 0 aromatic carbocycles. The van der Waals surface area contributed by atoms with E-state index in [0.717, 1.165) is 0 Å². The molecule has 0 bridgehead atoms. The first-order valence-corrected chi connectivity index (χ1v) is 7.24. The van der Waals surface area contributed by atoms with Gasteiger partial charge in [0.15, 0.2) is 5.03 Å². The lowest BCUT2D eigenvalue weighted by Crippen LogP contribution is -2.45. The van der Waals surface area contributed by atoms with E-state index in [9.17, 15) is 13.2 Å². The van der Waals surface area contributed by atoms with Crippen molar-refractivity contribution in [3.63, 3.8) is 0 Å². The normalized spacial score (nSPS) is 14.3. The van der Waals surface area contributed by atoms with Crippen LogP contribution in [0.4, 0.5) is 0 Å². The van der Waals surface area contributed by atoms with Crippen LogP contribution in [0.25, 0.3) is 0 Å². The highest BCUT2D eigenvalue weighted by Gasteiger charge is 2.32. The van der Waals surface area contributed by atoms with E-state index in [-0.39, 0.29) is 11.4 Å². The third kappa shape index (κ3) is 4.03. The molecule has 0 aliphatic rings. The van der Waals surface area contributed by atoms with E-state index >= 15 is 0 Å². The second-order valence-electron chi connectivity index (χ2n) is 5.43. The van der Waals surface area contributed by atoms with E-state index in [2.05, 4.69) is 9.82 Å². The fourth-order valence-corrected chi connectivity index (χ4v) is 3.14. The van der Waals surface area contributed by atoms with Crippen LogP contribution in [-0.4, -0.2) is 35.3 Å². The van der Waals surface area contributed by atoms with Crippen LogP contribution in [0, 0.1) is 5.41 Å². The Labute approximate surface area is 112 Å². The Hall–Kier alpha value is -1.41. The molecule has 0 saturated carbocycles. The smallest absolute Gasteiger partial charge is 0.304 e. The molecule has 0 radical (unpaired) electrons. The van der Waals surface area contributed by atoms with Gasteiger partial charge in [0.05, 0.1) is 12.6 Å². The molecule has 2 N–H and O–H groups in total. The molecule has 8 heteroatoms. The van der Waals surface area contributed by atoms with Crippen molar-refractivity contribution in [2.75, 3.05) is 0 Å². The molecule has 0 aliphatic carbocycles. The molecule has 0 saturated heterocycles. The van der Waals surface area contributed by atoms with Crippen molar-refractivity contribution in [2.24, 2.45) is 12.5 Å². The second-order valence-corrected chi connectivity index (χ2v) is 7.09. The number of carbonyl (C=O) groups is 1. The highest BCUT2D eigenvalue weighted by molar-refractivity contribution is 7.89. The summed E-state index contributed by atoms with van der Waals surface area (Å²) in [4.78, 5) is 10.8. The predicted molar refractivity (Wildman–Crippen MR) is 69.0 cm³/mol. The number of hydrogen-bond donors (Lipinski definition) is 2. The van der Waals surface area contributed by atoms with Gasteiger partial charge in [0.2, 0.25) is 0 Å². The van der Waals surface area contributed by atoms with Crippen LogP contribution >= 0.6 is 0 Å². The topological polar surface area (TPSA) is 101 Å². The zero-order valence-corrected chi connectivity index (χ0v) is 12.2. The minimum atomic E-state index is -3.79. The van der Waals surface area contributed by atoms with Crippen LogP contribution < -0.4 is 4.72 Å². The molecule has 0 fully saturated rings. The molecule has 19 heavy (non-hydrogen) atoms. The van der Waals surface area contributed by atoms with Crippen molar-refractivity contribution in [1.29, 1.82) is 0 Å². The summed E-state index contributed by atoms with van der Waals surface area (Å²) < 4.78 is 28.0. The maximum atomic E-state index is 12.2. The number of rotatable bonds is 5. The van der Waals surface area contributed by atoms with Gasteiger partial charge in [-0.3, -0.25) is 9.48 Å². The Morgan fingerprint density at radius 1 is 1.53 bits per heavy atom. The Balaban J connectivity index is 3.03. The zero-order chi connectivity index (χ0) is 14.8. The average molecular weight is 289 g/mol. The maximum absolute atomic E-state index is 12.2. The molecule has 0 spiro atoms. The summed E-state index contributed by atoms with van der Waals surface area (Å²) in [6.07, 6.45) is 1.10. The summed E-state index contributed by atoms with van der Waals surface area (Å²) in [5.74, 6) is -1.05. The summed E-state index contributed by atoms with van der Waals surface area (Å²) in [5.41, 5.74) is -0.510. The molecule has 108 valence electrons. The fraction of sp³-hybridized carbons (Fsp3) is 0.636. The number of aliphatic carboxylic acids is 1. The number of carboxylic acids is 1. The van der Waals surface area contributed by atoms with E-state index in [4.69, 9.17) is 5.11 Å².